The van der Waals surface area contributed by atoms with Gasteiger partial charge in [0.15, 0.2) is 6.61 Å². The quantitative estimate of drug-likeness (QED) is 0.430. The Hall–Kier alpha value is -3.53. The predicted molar refractivity (Wildman–Crippen MR) is 141 cm³/mol. The number of hydrogen-bond acceptors (Lipinski definition) is 6. The van der Waals surface area contributed by atoms with Crippen molar-refractivity contribution in [1.82, 2.24) is 15.5 Å². The number of nitrogens with zero attached hydrogens (tertiary/aromatic N) is 2. The number of halogens is 3. The van der Waals surface area contributed by atoms with Gasteiger partial charge in [0.25, 0.3) is 5.91 Å². The van der Waals surface area contributed by atoms with Crippen LogP contribution in [0.2, 0.25) is 0 Å². The summed E-state index contributed by atoms with van der Waals surface area (Å²) in [6.45, 7) is 5.83. The number of ether oxygens (including phenoxy) is 1. The minimum Gasteiger partial charge on any atom is -0.484 e. The van der Waals surface area contributed by atoms with E-state index in [0.717, 1.165) is 43.6 Å². The fourth-order valence-corrected chi connectivity index (χ4v) is 4.12. The van der Waals surface area contributed by atoms with E-state index in [1.54, 1.807) is 26.2 Å². The molecule has 0 saturated carbocycles. The second kappa shape index (κ2) is 12.1. The van der Waals surface area contributed by atoms with E-state index in [4.69, 9.17) is 10.1 Å². The molecule has 2 aromatic rings. The lowest BCUT2D eigenvalue weighted by molar-refractivity contribution is -0.153. The first kappa shape index (κ1) is 28.0. The summed E-state index contributed by atoms with van der Waals surface area (Å²) in [7, 11) is 3.75. The zero-order chi connectivity index (χ0) is 27.2. The van der Waals surface area contributed by atoms with Crippen molar-refractivity contribution < 1.29 is 22.7 Å². The molecule has 10 heteroatoms. The van der Waals surface area contributed by atoms with E-state index in [9.17, 15) is 18.0 Å². The number of amides is 1. The van der Waals surface area contributed by atoms with Crippen LogP contribution in [0.1, 0.15) is 40.0 Å². The smallest absolute Gasteiger partial charge is 0.422 e. The molecule has 1 fully saturated rings. The van der Waals surface area contributed by atoms with E-state index in [0.29, 0.717) is 22.3 Å². The van der Waals surface area contributed by atoms with Crippen LogP contribution in [0.3, 0.4) is 0 Å². The Balaban J connectivity index is 1.85. The summed E-state index contributed by atoms with van der Waals surface area (Å²) in [5, 5.41) is 13.5. The van der Waals surface area contributed by atoms with Gasteiger partial charge in [-0.2, -0.15) is 13.2 Å². The maximum Gasteiger partial charge on any atom is 0.422 e. The van der Waals surface area contributed by atoms with Gasteiger partial charge < -0.3 is 30.6 Å². The van der Waals surface area contributed by atoms with Gasteiger partial charge in [-0.1, -0.05) is 6.07 Å². The maximum atomic E-state index is 13.3. The lowest BCUT2D eigenvalue weighted by Crippen LogP contribution is -2.44. The first-order valence-electron chi connectivity index (χ1n) is 12.1. The fourth-order valence-electron chi connectivity index (χ4n) is 4.12. The number of allylic oxidation sites excluding steroid dienone is 1. The predicted octanol–water partition coefficient (Wildman–Crippen LogP) is 4.39. The van der Waals surface area contributed by atoms with Crippen LogP contribution >= 0.6 is 0 Å². The van der Waals surface area contributed by atoms with Crippen LogP contribution in [-0.4, -0.2) is 70.1 Å². The molecule has 7 nitrogen and oxygen atoms in total. The Kier molecular flexibility index (Phi) is 9.20. The summed E-state index contributed by atoms with van der Waals surface area (Å²) in [4.78, 5) is 17.8. The number of nitrogens with one attached hydrogen (secondary N) is 3. The molecule has 0 aromatic heterocycles. The molecule has 2 aromatic carbocycles. The number of carbonyl (C=O) groups is 1. The lowest BCUT2D eigenvalue weighted by Gasteiger charge is -2.34. The molecule has 3 rings (SSSR count). The van der Waals surface area contributed by atoms with Gasteiger partial charge in [-0.3, -0.25) is 4.79 Å². The van der Waals surface area contributed by atoms with Gasteiger partial charge in [-0.25, -0.2) is 0 Å². The zero-order valence-corrected chi connectivity index (χ0v) is 21.6. The second-order valence-corrected chi connectivity index (χ2v) is 9.21. The monoisotopic (exact) mass is 517 g/mol. The third-order valence-corrected chi connectivity index (χ3v) is 6.30. The molecule has 1 aliphatic heterocycles. The minimum atomic E-state index is -4.49. The Morgan fingerprint density at radius 3 is 2.49 bits per heavy atom. The van der Waals surface area contributed by atoms with Gasteiger partial charge in [0.1, 0.15) is 5.75 Å². The molecular formula is C27H34F3N5O2. The van der Waals surface area contributed by atoms with Crippen molar-refractivity contribution in [3.63, 3.8) is 0 Å². The average molecular weight is 518 g/mol. The summed E-state index contributed by atoms with van der Waals surface area (Å²) in [5.74, 6) is -0.273. The van der Waals surface area contributed by atoms with Crippen LogP contribution in [0.5, 0.6) is 5.75 Å². The van der Waals surface area contributed by atoms with Crippen LogP contribution in [0, 0.1) is 12.3 Å². The molecule has 1 heterocycles. The highest BCUT2D eigenvalue weighted by molar-refractivity contribution is 6.08. The summed E-state index contributed by atoms with van der Waals surface area (Å²) in [6.07, 6.45) is -1.83. The van der Waals surface area contributed by atoms with Crippen LogP contribution in [0.4, 0.5) is 18.9 Å². The molecule has 1 saturated heterocycles. The fraction of sp³-hybridized carbons (Fsp3) is 0.407. The highest BCUT2D eigenvalue weighted by atomic mass is 19.4. The number of carbonyl (C=O) groups excluding carboxylic acids is 1. The first-order valence-corrected chi connectivity index (χ1v) is 12.1. The second-order valence-electron chi connectivity index (χ2n) is 9.21. The molecule has 0 unspecified atom stereocenters. The number of likely N-dealkylation sites (N-methyl/N-ethyl adjacent to an activating group) is 1. The molecule has 1 aliphatic rings. The largest absolute Gasteiger partial charge is 0.484 e. The van der Waals surface area contributed by atoms with E-state index < -0.39 is 18.8 Å². The molecule has 3 N–H and O–H groups in total. The van der Waals surface area contributed by atoms with Crippen molar-refractivity contribution in [2.24, 2.45) is 0 Å². The molecule has 1 atom stereocenters. The molecule has 0 radical (unpaired) electrons. The zero-order valence-electron chi connectivity index (χ0n) is 21.6. The van der Waals surface area contributed by atoms with E-state index in [1.165, 1.54) is 12.1 Å². The summed E-state index contributed by atoms with van der Waals surface area (Å²) in [5.41, 5.74) is 3.86. The van der Waals surface area contributed by atoms with Crippen molar-refractivity contribution in [2.45, 2.75) is 26.1 Å². The SMILES string of the molecule is CN/C=C(\C=N)c1cc(OCC(F)(F)F)cc([C@@H](C)NC(=O)c2cc(N3CCN(C)CC3)ccc2C)c1. The topological polar surface area (TPSA) is 80.7 Å². The molecular weight excluding hydrogens is 483 g/mol. The first-order chi connectivity index (χ1) is 17.5. The van der Waals surface area contributed by atoms with E-state index >= 15 is 0 Å². The highest BCUT2D eigenvalue weighted by Crippen LogP contribution is 2.28. The van der Waals surface area contributed by atoms with Crippen LogP contribution in [0.25, 0.3) is 5.57 Å². The lowest BCUT2D eigenvalue weighted by atomic mass is 9.99. The van der Waals surface area contributed by atoms with Crippen LogP contribution < -0.4 is 20.3 Å². The third kappa shape index (κ3) is 7.72. The van der Waals surface area contributed by atoms with Crippen molar-refractivity contribution in [3.8, 4) is 5.75 Å². The number of anilines is 1. The number of hydrogen-bond donors (Lipinski definition) is 3. The Morgan fingerprint density at radius 2 is 1.86 bits per heavy atom. The van der Waals surface area contributed by atoms with E-state index in [1.807, 2.05) is 25.1 Å². The Labute approximate surface area is 215 Å². The number of alkyl halides is 3. The van der Waals surface area contributed by atoms with Gasteiger partial charge in [0.2, 0.25) is 0 Å². The van der Waals surface area contributed by atoms with Crippen molar-refractivity contribution in [2.75, 3.05) is 51.8 Å². The number of piperazine rings is 1. The third-order valence-electron chi connectivity index (χ3n) is 6.30. The minimum absolute atomic E-state index is 0.00280. The average Bonchev–Trinajstić information content (AvgIpc) is 2.86. The Bertz CT molecular complexity index is 1140. The van der Waals surface area contributed by atoms with E-state index in [-0.39, 0.29) is 11.7 Å². The summed E-state index contributed by atoms with van der Waals surface area (Å²) < 4.78 is 43.4. The molecule has 37 heavy (non-hydrogen) atoms. The normalized spacial score (nSPS) is 15.8. The molecule has 0 bridgehead atoms. The standard InChI is InChI=1S/C27H34F3N5O2/c1-18-5-6-23(35-9-7-34(4)8-10-35)14-25(18)26(36)33-19(2)20-11-21(22(15-31)16-32-3)13-24(12-20)37-17-27(28,29)30/h5-6,11-16,19,31-32H,7-10,17H2,1-4H3,(H,33,36)/b22-16+,31-15?/t19-/m1/s1. The molecule has 0 spiro atoms. The van der Waals surface area contributed by atoms with Crippen LogP contribution in [-0.2, 0) is 0 Å². The molecule has 1 amide bonds. The van der Waals surface area contributed by atoms with Crippen LogP contribution in [0.15, 0.2) is 42.6 Å². The maximum absolute atomic E-state index is 13.3. The van der Waals surface area contributed by atoms with Gasteiger partial charge in [0.05, 0.1) is 6.04 Å². The van der Waals surface area contributed by atoms with E-state index in [2.05, 4.69) is 27.5 Å². The van der Waals surface area contributed by atoms with Gasteiger partial charge in [0, 0.05) is 62.5 Å². The summed E-state index contributed by atoms with van der Waals surface area (Å²) in [6, 6.07) is 9.95. The van der Waals surface area contributed by atoms with Crippen molar-refractivity contribution in [1.29, 1.82) is 5.41 Å². The number of benzene rings is 2. The van der Waals surface area contributed by atoms with Crippen molar-refractivity contribution in [3.05, 3.63) is 64.9 Å². The van der Waals surface area contributed by atoms with Gasteiger partial charge in [-0.15, -0.1) is 0 Å². The molecule has 0 aliphatic carbocycles. The molecule has 200 valence electrons. The summed E-state index contributed by atoms with van der Waals surface area (Å²) >= 11 is 0. The Morgan fingerprint density at radius 1 is 1.16 bits per heavy atom. The highest BCUT2D eigenvalue weighted by Gasteiger charge is 2.28. The number of rotatable bonds is 9. The number of aryl methyl sites for hydroxylation is 1. The van der Waals surface area contributed by atoms with Gasteiger partial charge >= 0.3 is 6.18 Å². The van der Waals surface area contributed by atoms with Gasteiger partial charge in [-0.05, 0) is 67.9 Å². The van der Waals surface area contributed by atoms with Crippen molar-refractivity contribution >= 4 is 23.4 Å².